The van der Waals surface area contributed by atoms with Gasteiger partial charge >= 0.3 is 0 Å². The van der Waals surface area contributed by atoms with E-state index in [1.165, 1.54) is 25.0 Å². The van der Waals surface area contributed by atoms with Crippen LogP contribution in [0.2, 0.25) is 5.02 Å². The van der Waals surface area contributed by atoms with Crippen LogP contribution < -0.4 is 11.1 Å². The van der Waals surface area contributed by atoms with Crippen LogP contribution in [0.3, 0.4) is 0 Å². The van der Waals surface area contributed by atoms with Crippen LogP contribution in [0.5, 0.6) is 0 Å². The predicted octanol–water partition coefficient (Wildman–Crippen LogP) is 4.30. The van der Waals surface area contributed by atoms with E-state index in [1.54, 1.807) is 0 Å². The maximum absolute atomic E-state index is 13.1. The Labute approximate surface area is 107 Å². The molecule has 1 aromatic carbocycles. The molecule has 96 valence electrons. The Morgan fingerprint density at radius 1 is 1.35 bits per heavy atom. The summed E-state index contributed by atoms with van der Waals surface area (Å²) in [7, 11) is 0. The lowest BCUT2D eigenvalue weighted by molar-refractivity contribution is 0.545. The summed E-state index contributed by atoms with van der Waals surface area (Å²) in [6.45, 7) is 5.26. The van der Waals surface area contributed by atoms with E-state index in [-0.39, 0.29) is 5.02 Å². The van der Waals surface area contributed by atoms with Crippen LogP contribution in [0.4, 0.5) is 15.8 Å². The van der Waals surface area contributed by atoms with Gasteiger partial charge in [-0.3, -0.25) is 0 Å². The van der Waals surface area contributed by atoms with Gasteiger partial charge in [-0.1, -0.05) is 38.3 Å². The molecule has 2 nitrogen and oxygen atoms in total. The zero-order valence-corrected chi connectivity index (χ0v) is 11.1. The van der Waals surface area contributed by atoms with Gasteiger partial charge in [-0.25, -0.2) is 4.39 Å². The third kappa shape index (κ3) is 4.82. The van der Waals surface area contributed by atoms with Crippen molar-refractivity contribution in [1.82, 2.24) is 0 Å². The van der Waals surface area contributed by atoms with Crippen molar-refractivity contribution >= 4 is 23.0 Å². The average Bonchev–Trinajstić information content (AvgIpc) is 2.24. The first kappa shape index (κ1) is 14.1. The van der Waals surface area contributed by atoms with Gasteiger partial charge < -0.3 is 11.1 Å². The number of anilines is 2. The maximum atomic E-state index is 13.1. The van der Waals surface area contributed by atoms with Crippen LogP contribution in [0.1, 0.15) is 33.1 Å². The molecule has 0 saturated carbocycles. The summed E-state index contributed by atoms with van der Waals surface area (Å²) in [5.74, 6) is 0.259. The zero-order chi connectivity index (χ0) is 12.8. The van der Waals surface area contributed by atoms with Crippen molar-refractivity contribution in [1.29, 1.82) is 0 Å². The van der Waals surface area contributed by atoms with Gasteiger partial charge in [0, 0.05) is 12.6 Å². The number of rotatable bonds is 6. The molecule has 0 unspecified atom stereocenters. The topological polar surface area (TPSA) is 38.0 Å². The average molecular weight is 259 g/mol. The summed E-state index contributed by atoms with van der Waals surface area (Å²) in [4.78, 5) is 0. The van der Waals surface area contributed by atoms with Gasteiger partial charge in [-0.05, 0) is 18.4 Å². The first-order valence-electron chi connectivity index (χ1n) is 5.99. The minimum atomic E-state index is -0.477. The Balaban J connectivity index is 2.39. The minimum Gasteiger partial charge on any atom is -0.397 e. The second-order valence-electron chi connectivity index (χ2n) is 4.67. The van der Waals surface area contributed by atoms with Gasteiger partial charge in [0.2, 0.25) is 0 Å². The largest absolute Gasteiger partial charge is 0.397 e. The zero-order valence-electron chi connectivity index (χ0n) is 10.4. The van der Waals surface area contributed by atoms with E-state index in [9.17, 15) is 4.39 Å². The van der Waals surface area contributed by atoms with E-state index in [4.69, 9.17) is 17.3 Å². The van der Waals surface area contributed by atoms with E-state index in [0.717, 1.165) is 18.9 Å². The van der Waals surface area contributed by atoms with Crippen LogP contribution in [0, 0.1) is 11.7 Å². The predicted molar refractivity (Wildman–Crippen MR) is 73.0 cm³/mol. The molecule has 4 heteroatoms. The monoisotopic (exact) mass is 258 g/mol. The number of nitrogens with one attached hydrogen (secondary N) is 1. The van der Waals surface area contributed by atoms with Crippen molar-refractivity contribution < 1.29 is 4.39 Å². The summed E-state index contributed by atoms with van der Waals surface area (Å²) in [5, 5.41) is 3.28. The fourth-order valence-corrected chi connectivity index (χ4v) is 1.78. The number of nitrogens with two attached hydrogens (primary N) is 1. The molecule has 0 heterocycles. The molecule has 0 spiro atoms. The molecular formula is C13H20ClFN2. The summed E-state index contributed by atoms with van der Waals surface area (Å²) < 4.78 is 13.1. The highest BCUT2D eigenvalue weighted by atomic mass is 35.5. The van der Waals surface area contributed by atoms with Gasteiger partial charge in [0.25, 0.3) is 0 Å². The Morgan fingerprint density at radius 3 is 2.71 bits per heavy atom. The lowest BCUT2D eigenvalue weighted by Crippen LogP contribution is -2.05. The third-order valence-electron chi connectivity index (χ3n) is 2.62. The standard InChI is InChI=1S/C13H20ClFN2/c1-9(2)5-3-4-6-17-13-7-10(14)11(15)8-12(13)16/h7-9,17H,3-6,16H2,1-2H3. The Morgan fingerprint density at radius 2 is 2.06 bits per heavy atom. The van der Waals surface area contributed by atoms with Crippen LogP contribution in [0.25, 0.3) is 0 Å². The summed E-state index contributed by atoms with van der Waals surface area (Å²) >= 11 is 5.70. The quantitative estimate of drug-likeness (QED) is 0.590. The van der Waals surface area contributed by atoms with Gasteiger partial charge in [0.15, 0.2) is 0 Å². The van der Waals surface area contributed by atoms with Crippen molar-refractivity contribution in [2.24, 2.45) is 5.92 Å². The Bertz CT molecular complexity index is 367. The molecule has 0 aliphatic rings. The summed E-state index contributed by atoms with van der Waals surface area (Å²) in [6.07, 6.45) is 3.48. The minimum absolute atomic E-state index is 0.101. The molecule has 0 amide bonds. The molecule has 0 fully saturated rings. The highest BCUT2D eigenvalue weighted by Gasteiger charge is 2.05. The maximum Gasteiger partial charge on any atom is 0.143 e. The van der Waals surface area contributed by atoms with Crippen molar-refractivity contribution in [2.45, 2.75) is 33.1 Å². The first-order chi connectivity index (χ1) is 8.00. The fourth-order valence-electron chi connectivity index (χ4n) is 1.62. The van der Waals surface area contributed by atoms with E-state index in [2.05, 4.69) is 19.2 Å². The molecule has 0 saturated heterocycles. The van der Waals surface area contributed by atoms with Crippen LogP contribution in [-0.2, 0) is 0 Å². The van der Waals surface area contributed by atoms with E-state index >= 15 is 0 Å². The molecule has 0 aliphatic carbocycles. The van der Waals surface area contributed by atoms with E-state index in [1.807, 2.05) is 0 Å². The second-order valence-corrected chi connectivity index (χ2v) is 5.08. The molecule has 0 aromatic heterocycles. The number of hydrogen-bond acceptors (Lipinski definition) is 2. The number of benzene rings is 1. The van der Waals surface area contributed by atoms with Crippen LogP contribution in [0.15, 0.2) is 12.1 Å². The van der Waals surface area contributed by atoms with E-state index in [0.29, 0.717) is 11.4 Å². The molecular weight excluding hydrogens is 239 g/mol. The normalized spacial score (nSPS) is 10.9. The molecule has 1 aromatic rings. The molecule has 1 rings (SSSR count). The number of unbranched alkanes of at least 4 members (excludes halogenated alkanes) is 1. The van der Waals surface area contributed by atoms with Gasteiger partial charge in [0.1, 0.15) is 5.82 Å². The van der Waals surface area contributed by atoms with Gasteiger partial charge in [-0.15, -0.1) is 0 Å². The van der Waals surface area contributed by atoms with Gasteiger partial charge in [0.05, 0.1) is 16.4 Å². The second kappa shape index (κ2) is 6.70. The number of nitrogen functional groups attached to an aromatic ring is 1. The van der Waals surface area contributed by atoms with Crippen LogP contribution in [-0.4, -0.2) is 6.54 Å². The van der Waals surface area contributed by atoms with Crippen molar-refractivity contribution in [3.63, 3.8) is 0 Å². The summed E-state index contributed by atoms with van der Waals surface area (Å²) in [6, 6.07) is 2.79. The van der Waals surface area contributed by atoms with E-state index < -0.39 is 5.82 Å². The molecule has 0 atom stereocenters. The number of halogens is 2. The van der Waals surface area contributed by atoms with Gasteiger partial charge in [-0.2, -0.15) is 0 Å². The SMILES string of the molecule is CC(C)CCCCNc1cc(Cl)c(F)cc1N. The molecule has 0 radical (unpaired) electrons. The fraction of sp³-hybridized carbons (Fsp3) is 0.538. The molecule has 3 N–H and O–H groups in total. The van der Waals surface area contributed by atoms with Crippen molar-refractivity contribution in [3.8, 4) is 0 Å². The molecule has 17 heavy (non-hydrogen) atoms. The third-order valence-corrected chi connectivity index (χ3v) is 2.91. The highest BCUT2D eigenvalue weighted by molar-refractivity contribution is 6.31. The summed E-state index contributed by atoms with van der Waals surface area (Å²) in [5.41, 5.74) is 6.80. The van der Waals surface area contributed by atoms with Crippen LogP contribution >= 0.6 is 11.6 Å². The number of hydrogen-bond donors (Lipinski definition) is 2. The molecule has 0 aliphatic heterocycles. The first-order valence-corrected chi connectivity index (χ1v) is 6.37. The lowest BCUT2D eigenvalue weighted by Gasteiger charge is -2.10. The smallest absolute Gasteiger partial charge is 0.143 e. The van der Waals surface area contributed by atoms with Crippen molar-refractivity contribution in [3.05, 3.63) is 23.0 Å². The molecule has 0 bridgehead atoms. The lowest BCUT2D eigenvalue weighted by atomic mass is 10.1. The Kier molecular flexibility index (Phi) is 5.56. The van der Waals surface area contributed by atoms with Crippen molar-refractivity contribution in [2.75, 3.05) is 17.6 Å². The Hall–Kier alpha value is -0.960. The highest BCUT2D eigenvalue weighted by Crippen LogP contribution is 2.26.